The van der Waals surface area contributed by atoms with Crippen molar-refractivity contribution in [2.24, 2.45) is 0 Å². The van der Waals surface area contributed by atoms with Crippen LogP contribution in [0.15, 0.2) is 35.4 Å². The summed E-state index contributed by atoms with van der Waals surface area (Å²) >= 11 is 1.39. The van der Waals surface area contributed by atoms with E-state index in [1.54, 1.807) is 30.5 Å². The third-order valence-electron chi connectivity index (χ3n) is 4.40. The summed E-state index contributed by atoms with van der Waals surface area (Å²) in [6, 6.07) is 4.87. The fourth-order valence-corrected chi connectivity index (χ4v) is 5.35. The second-order valence-electron chi connectivity index (χ2n) is 6.47. The summed E-state index contributed by atoms with van der Waals surface area (Å²) < 4.78 is 32.8. The zero-order valence-electron chi connectivity index (χ0n) is 15.8. The molecule has 0 radical (unpaired) electrons. The van der Waals surface area contributed by atoms with Gasteiger partial charge in [0.05, 0.1) is 7.11 Å². The Morgan fingerprint density at radius 2 is 2.04 bits per heavy atom. The van der Waals surface area contributed by atoms with E-state index in [0.717, 1.165) is 24.1 Å². The molecule has 1 N–H and O–H groups in total. The first-order valence-corrected chi connectivity index (χ1v) is 11.3. The largest absolute Gasteiger partial charge is 0.495 e. The molecule has 1 aromatic heterocycles. The molecule has 28 heavy (non-hydrogen) atoms. The molecule has 0 bridgehead atoms. The van der Waals surface area contributed by atoms with Gasteiger partial charge < -0.3 is 4.74 Å². The summed E-state index contributed by atoms with van der Waals surface area (Å²) in [5.74, 6) is -0.0314. The van der Waals surface area contributed by atoms with Gasteiger partial charge in [-0.15, -0.1) is 11.3 Å². The van der Waals surface area contributed by atoms with E-state index in [1.165, 1.54) is 28.8 Å². The molecule has 0 spiro atoms. The maximum atomic E-state index is 13.0. The molecule has 0 aliphatic carbocycles. The van der Waals surface area contributed by atoms with E-state index in [4.69, 9.17) is 4.74 Å². The number of aromatic nitrogens is 1. The molecule has 1 fully saturated rings. The molecular formula is C19H23N3O4S2. The average molecular weight is 422 g/mol. The summed E-state index contributed by atoms with van der Waals surface area (Å²) in [7, 11) is -2.20. The molecule has 1 saturated heterocycles. The highest BCUT2D eigenvalue weighted by Gasteiger charge is 2.28. The minimum Gasteiger partial charge on any atom is -0.495 e. The molecule has 9 heteroatoms. The van der Waals surface area contributed by atoms with Gasteiger partial charge in [-0.05, 0) is 43.5 Å². The van der Waals surface area contributed by atoms with Crippen LogP contribution >= 0.6 is 11.3 Å². The number of rotatable bonds is 6. The molecule has 1 aromatic carbocycles. The number of thiazole rings is 1. The molecule has 2 heterocycles. The van der Waals surface area contributed by atoms with E-state index in [0.29, 0.717) is 29.5 Å². The van der Waals surface area contributed by atoms with Crippen molar-refractivity contribution in [3.8, 4) is 5.75 Å². The van der Waals surface area contributed by atoms with E-state index in [1.807, 2.05) is 6.92 Å². The molecule has 150 valence electrons. The first kappa shape index (κ1) is 20.5. The quantitative estimate of drug-likeness (QED) is 0.723. The van der Waals surface area contributed by atoms with Crippen molar-refractivity contribution < 1.29 is 17.9 Å². The highest BCUT2D eigenvalue weighted by atomic mass is 32.2. The lowest BCUT2D eigenvalue weighted by atomic mass is 10.2. The highest BCUT2D eigenvalue weighted by Crippen LogP contribution is 2.30. The highest BCUT2D eigenvalue weighted by molar-refractivity contribution is 7.89. The lowest BCUT2D eigenvalue weighted by molar-refractivity contribution is -0.111. The number of anilines is 1. The number of carbonyl (C=O) groups excluding carboxylic acids is 1. The van der Waals surface area contributed by atoms with E-state index >= 15 is 0 Å². The van der Waals surface area contributed by atoms with Crippen molar-refractivity contribution >= 4 is 38.5 Å². The number of hydrogen-bond donors (Lipinski definition) is 1. The Morgan fingerprint density at radius 1 is 1.29 bits per heavy atom. The number of carbonyl (C=O) groups is 1. The van der Waals surface area contributed by atoms with Crippen LogP contribution < -0.4 is 10.1 Å². The minimum atomic E-state index is -3.65. The maximum Gasteiger partial charge on any atom is 0.250 e. The number of nitrogens with one attached hydrogen (secondary N) is 1. The molecule has 1 aliphatic rings. The molecular weight excluding hydrogens is 398 g/mol. The van der Waals surface area contributed by atoms with E-state index in [9.17, 15) is 13.2 Å². The van der Waals surface area contributed by atoms with Crippen LogP contribution in [0.4, 0.5) is 5.13 Å². The molecule has 0 saturated carbocycles. The number of nitrogens with zero attached hydrogens (tertiary/aromatic N) is 2. The predicted molar refractivity (Wildman–Crippen MR) is 110 cm³/mol. The lowest BCUT2D eigenvalue weighted by Gasteiger charge is -2.26. The Balaban J connectivity index is 1.81. The molecule has 3 rings (SSSR count). The third kappa shape index (κ3) is 4.78. The van der Waals surface area contributed by atoms with Gasteiger partial charge in [-0.25, -0.2) is 13.4 Å². The van der Waals surface area contributed by atoms with Crippen molar-refractivity contribution in [3.05, 3.63) is 40.9 Å². The van der Waals surface area contributed by atoms with Crippen LogP contribution in [0, 0.1) is 6.92 Å². The Labute approximate surface area is 169 Å². The Hall–Kier alpha value is -2.23. The smallest absolute Gasteiger partial charge is 0.250 e. The minimum absolute atomic E-state index is 0.120. The van der Waals surface area contributed by atoms with Gasteiger partial charge in [-0.2, -0.15) is 4.31 Å². The molecule has 2 aromatic rings. The maximum absolute atomic E-state index is 13.0. The summed E-state index contributed by atoms with van der Waals surface area (Å²) in [4.78, 5) is 17.3. The predicted octanol–water partition coefficient (Wildman–Crippen LogP) is 3.29. The van der Waals surface area contributed by atoms with Crippen LogP contribution in [0.25, 0.3) is 6.08 Å². The van der Waals surface area contributed by atoms with Crippen LogP contribution in [0.5, 0.6) is 5.75 Å². The van der Waals surface area contributed by atoms with Crippen molar-refractivity contribution in [3.63, 3.8) is 0 Å². The number of benzene rings is 1. The number of amides is 1. The topological polar surface area (TPSA) is 88.6 Å². The van der Waals surface area contributed by atoms with Gasteiger partial charge in [0.1, 0.15) is 10.6 Å². The van der Waals surface area contributed by atoms with E-state index in [-0.39, 0.29) is 10.8 Å². The molecule has 1 amide bonds. The fraction of sp³-hybridized carbons (Fsp3) is 0.368. The zero-order valence-corrected chi connectivity index (χ0v) is 17.5. The first-order valence-electron chi connectivity index (χ1n) is 9.00. The number of aryl methyl sites for hydroxylation is 1. The second kappa shape index (κ2) is 8.85. The summed E-state index contributed by atoms with van der Waals surface area (Å²) in [5.41, 5.74) is 0.599. The van der Waals surface area contributed by atoms with Gasteiger partial charge in [-0.1, -0.05) is 12.5 Å². The first-order chi connectivity index (χ1) is 13.4. The number of hydrogen-bond acceptors (Lipinski definition) is 6. The Bertz CT molecular complexity index is 977. The monoisotopic (exact) mass is 421 g/mol. The number of sulfonamides is 1. The SMILES string of the molecule is COc1ccc(/C=C/C(=O)Nc2ncc(C)s2)cc1S(=O)(=O)N1CCCCC1. The van der Waals surface area contributed by atoms with Gasteiger partial charge >= 0.3 is 0 Å². The number of ether oxygens (including phenoxy) is 1. The molecule has 1 aliphatic heterocycles. The number of methoxy groups -OCH3 is 1. The molecule has 0 unspecified atom stereocenters. The van der Waals surface area contributed by atoms with Crippen LogP contribution in [0.2, 0.25) is 0 Å². The van der Waals surface area contributed by atoms with Crippen molar-refractivity contribution in [1.29, 1.82) is 0 Å². The van der Waals surface area contributed by atoms with Crippen molar-refractivity contribution in [2.45, 2.75) is 31.1 Å². The van der Waals surface area contributed by atoms with E-state index in [2.05, 4.69) is 10.3 Å². The van der Waals surface area contributed by atoms with Crippen molar-refractivity contribution in [1.82, 2.24) is 9.29 Å². The summed E-state index contributed by atoms with van der Waals surface area (Å²) in [6.45, 7) is 2.94. The van der Waals surface area contributed by atoms with Gasteiger partial charge in [-0.3, -0.25) is 10.1 Å². The van der Waals surface area contributed by atoms with Gasteiger partial charge in [0.15, 0.2) is 5.13 Å². The Kier molecular flexibility index (Phi) is 6.48. The average Bonchev–Trinajstić information content (AvgIpc) is 3.11. The van der Waals surface area contributed by atoms with Crippen LogP contribution in [-0.2, 0) is 14.8 Å². The number of piperidine rings is 1. The van der Waals surface area contributed by atoms with Crippen LogP contribution in [0.1, 0.15) is 29.7 Å². The second-order valence-corrected chi connectivity index (χ2v) is 9.61. The lowest BCUT2D eigenvalue weighted by Crippen LogP contribution is -2.35. The van der Waals surface area contributed by atoms with Crippen LogP contribution in [0.3, 0.4) is 0 Å². The third-order valence-corrected chi connectivity index (χ3v) is 7.15. The normalized spacial score (nSPS) is 15.6. The van der Waals surface area contributed by atoms with Crippen LogP contribution in [-0.4, -0.2) is 43.8 Å². The standard InChI is InChI=1S/C19H23N3O4S2/c1-14-13-20-19(27-14)21-18(23)9-7-15-6-8-16(26-2)17(12-15)28(24,25)22-10-4-3-5-11-22/h6-9,12-13H,3-5,10-11H2,1-2H3,(H,20,21,23)/b9-7+. The van der Waals surface area contributed by atoms with Gasteiger partial charge in [0.25, 0.3) is 0 Å². The fourth-order valence-electron chi connectivity index (χ4n) is 2.97. The zero-order chi connectivity index (χ0) is 20.1. The Morgan fingerprint density at radius 3 is 2.68 bits per heavy atom. The molecule has 7 nitrogen and oxygen atoms in total. The van der Waals surface area contributed by atoms with Gasteiger partial charge in [0, 0.05) is 30.2 Å². The van der Waals surface area contributed by atoms with Crippen molar-refractivity contribution in [2.75, 3.05) is 25.5 Å². The summed E-state index contributed by atoms with van der Waals surface area (Å²) in [5, 5.41) is 3.21. The van der Waals surface area contributed by atoms with Gasteiger partial charge in [0.2, 0.25) is 15.9 Å². The molecule has 0 atom stereocenters. The summed E-state index contributed by atoms with van der Waals surface area (Å²) in [6.07, 6.45) is 7.38. The van der Waals surface area contributed by atoms with E-state index < -0.39 is 10.0 Å².